The lowest BCUT2D eigenvalue weighted by Crippen LogP contribution is -2.59. The van der Waals surface area contributed by atoms with Crippen LogP contribution in [-0.2, 0) is 19.1 Å². The van der Waals surface area contributed by atoms with Gasteiger partial charge in [0.25, 0.3) is 0 Å². The minimum Gasteiger partial charge on any atom is -0.343 e. The van der Waals surface area contributed by atoms with Crippen molar-refractivity contribution in [3.8, 4) is 0 Å². The lowest BCUT2D eigenvalue weighted by Gasteiger charge is -2.59. The number of rotatable bonds is 1. The van der Waals surface area contributed by atoms with Crippen molar-refractivity contribution in [1.29, 1.82) is 0 Å². The largest absolute Gasteiger partial charge is 0.343 e. The predicted octanol–water partition coefficient (Wildman–Crippen LogP) is 4.61. The molecule has 4 aliphatic carbocycles. The molecule has 5 rings (SSSR count). The molecule has 0 amide bonds. The highest BCUT2D eigenvalue weighted by Crippen LogP contribution is 2.70. The van der Waals surface area contributed by atoms with E-state index < -0.39 is 11.4 Å². The number of hydrogen-bond donors (Lipinski definition) is 0. The highest BCUT2D eigenvalue weighted by Gasteiger charge is 2.69. The van der Waals surface area contributed by atoms with Crippen LogP contribution in [0.1, 0.15) is 79.6 Å². The van der Waals surface area contributed by atoms with Gasteiger partial charge in [-0.2, -0.15) is 0 Å². The second kappa shape index (κ2) is 5.57. The van der Waals surface area contributed by atoms with Crippen LogP contribution < -0.4 is 0 Å². The summed E-state index contributed by atoms with van der Waals surface area (Å²) in [4.78, 5) is 25.4. The van der Waals surface area contributed by atoms with Gasteiger partial charge in [-0.3, -0.25) is 9.59 Å². The third-order valence-electron chi connectivity index (χ3n) is 9.49. The Kier molecular flexibility index (Phi) is 3.78. The molecular formula is C24H34O4. The average Bonchev–Trinajstić information content (AvgIpc) is 2.89. The molecule has 0 aromatic rings. The first-order valence-corrected chi connectivity index (χ1v) is 11.2. The molecule has 2 unspecified atom stereocenters. The lowest BCUT2D eigenvalue weighted by molar-refractivity contribution is -0.291. The van der Waals surface area contributed by atoms with Crippen molar-refractivity contribution in [3.05, 3.63) is 11.6 Å². The smallest absolute Gasteiger partial charge is 0.164 e. The molecule has 5 bridgehead atoms. The SMILES string of the molecule is CC(=O)[C@@]12CCC3C4C[C@@H](OC(C)(C)O1)C1=CC(=O)CC[C@]1(C)[C@H]4CC[C@@]32C. The van der Waals surface area contributed by atoms with Gasteiger partial charge >= 0.3 is 0 Å². The summed E-state index contributed by atoms with van der Waals surface area (Å²) >= 11 is 0. The number of carbonyl (C=O) groups excluding carboxylic acids is 2. The highest BCUT2D eigenvalue weighted by atomic mass is 16.7. The molecule has 4 fully saturated rings. The number of hydrogen-bond acceptors (Lipinski definition) is 4. The molecule has 1 heterocycles. The molecule has 7 atom stereocenters. The van der Waals surface area contributed by atoms with Crippen LogP contribution in [0.3, 0.4) is 0 Å². The zero-order valence-corrected chi connectivity index (χ0v) is 18.0. The Morgan fingerprint density at radius 2 is 1.79 bits per heavy atom. The fourth-order valence-electron chi connectivity index (χ4n) is 8.29. The topological polar surface area (TPSA) is 52.6 Å². The number of fused-ring (bicyclic) bond motifs is 4. The van der Waals surface area contributed by atoms with E-state index >= 15 is 0 Å². The molecule has 0 spiro atoms. The van der Waals surface area contributed by atoms with Crippen LogP contribution in [0.25, 0.3) is 0 Å². The van der Waals surface area contributed by atoms with E-state index in [0.717, 1.165) is 38.5 Å². The molecule has 4 heteroatoms. The maximum Gasteiger partial charge on any atom is 0.164 e. The van der Waals surface area contributed by atoms with E-state index in [2.05, 4.69) is 13.8 Å². The molecule has 3 saturated carbocycles. The predicted molar refractivity (Wildman–Crippen MR) is 106 cm³/mol. The van der Waals surface area contributed by atoms with Crippen molar-refractivity contribution in [2.45, 2.75) is 97.1 Å². The van der Waals surface area contributed by atoms with Gasteiger partial charge in [0.2, 0.25) is 0 Å². The first-order chi connectivity index (χ1) is 13.0. The minimum absolute atomic E-state index is 0.0325. The molecule has 0 aromatic heterocycles. The van der Waals surface area contributed by atoms with Gasteiger partial charge in [-0.05, 0) is 94.1 Å². The van der Waals surface area contributed by atoms with E-state index in [0.29, 0.717) is 24.2 Å². The molecule has 1 saturated heterocycles. The summed E-state index contributed by atoms with van der Waals surface area (Å²) in [5.74, 6) is 1.14. The van der Waals surface area contributed by atoms with E-state index in [1.165, 1.54) is 5.57 Å². The summed E-state index contributed by atoms with van der Waals surface area (Å²) in [6.07, 6.45) is 8.36. The van der Waals surface area contributed by atoms with Gasteiger partial charge in [-0.15, -0.1) is 0 Å². The molecule has 0 radical (unpaired) electrons. The van der Waals surface area contributed by atoms with Gasteiger partial charge < -0.3 is 9.47 Å². The molecule has 1 aliphatic heterocycles. The van der Waals surface area contributed by atoms with E-state index in [9.17, 15) is 9.59 Å². The Labute approximate surface area is 168 Å². The maximum absolute atomic E-state index is 13.0. The van der Waals surface area contributed by atoms with E-state index in [1.807, 2.05) is 19.9 Å². The Morgan fingerprint density at radius 3 is 2.50 bits per heavy atom. The first kappa shape index (κ1) is 19.0. The molecule has 28 heavy (non-hydrogen) atoms. The Hall–Kier alpha value is -1.00. The summed E-state index contributed by atoms with van der Waals surface area (Å²) in [7, 11) is 0. The minimum atomic E-state index is -0.860. The number of ether oxygens (including phenoxy) is 2. The molecule has 5 aliphatic rings. The van der Waals surface area contributed by atoms with Crippen molar-refractivity contribution in [3.63, 3.8) is 0 Å². The zero-order chi connectivity index (χ0) is 20.1. The van der Waals surface area contributed by atoms with Crippen molar-refractivity contribution in [1.82, 2.24) is 0 Å². The van der Waals surface area contributed by atoms with Crippen molar-refractivity contribution < 1.29 is 19.1 Å². The molecule has 154 valence electrons. The first-order valence-electron chi connectivity index (χ1n) is 11.2. The fraction of sp³-hybridized carbons (Fsp3) is 0.833. The van der Waals surface area contributed by atoms with Gasteiger partial charge in [0, 0.05) is 11.8 Å². The number of Topliss-reactive ketones (excluding diaryl/α,β-unsaturated/α-hetero) is 1. The van der Waals surface area contributed by atoms with Crippen LogP contribution in [0.15, 0.2) is 11.6 Å². The second-order valence-corrected chi connectivity index (χ2v) is 11.1. The Balaban J connectivity index is 1.71. The molecule has 4 nitrogen and oxygen atoms in total. The van der Waals surface area contributed by atoms with Crippen molar-refractivity contribution >= 4 is 11.6 Å². The molecule has 0 N–H and O–H groups in total. The normalized spacial score (nSPS) is 51.6. The fourth-order valence-corrected chi connectivity index (χ4v) is 8.29. The van der Waals surface area contributed by atoms with Crippen LogP contribution >= 0.6 is 0 Å². The standard InChI is InChI=1S/C24H34O4/c1-14(25)24-11-8-18-16-13-20(27-21(2,3)28-24)19-12-15(26)6-9-22(19,4)17(16)7-10-23(18,24)5/h12,16-18,20H,6-11,13H2,1-5H3/t16?,17-,18?,20+,22+,23-,24+/m0/s1. The van der Waals surface area contributed by atoms with Gasteiger partial charge in [0.15, 0.2) is 17.4 Å². The van der Waals surface area contributed by atoms with E-state index in [1.54, 1.807) is 6.92 Å². The summed E-state index contributed by atoms with van der Waals surface area (Å²) < 4.78 is 13.3. The summed E-state index contributed by atoms with van der Waals surface area (Å²) in [6, 6.07) is 0. The second-order valence-electron chi connectivity index (χ2n) is 11.1. The lowest BCUT2D eigenvalue weighted by atomic mass is 9.46. The average molecular weight is 387 g/mol. The quantitative estimate of drug-likeness (QED) is 0.660. The zero-order valence-electron chi connectivity index (χ0n) is 18.0. The van der Waals surface area contributed by atoms with E-state index in [-0.39, 0.29) is 28.5 Å². The van der Waals surface area contributed by atoms with Crippen LogP contribution in [0.4, 0.5) is 0 Å². The maximum atomic E-state index is 13.0. The van der Waals surface area contributed by atoms with Crippen LogP contribution in [-0.4, -0.2) is 29.1 Å². The Morgan fingerprint density at radius 1 is 1.07 bits per heavy atom. The molecule has 0 aromatic carbocycles. The molecular weight excluding hydrogens is 352 g/mol. The van der Waals surface area contributed by atoms with Gasteiger partial charge in [0.05, 0.1) is 6.10 Å². The van der Waals surface area contributed by atoms with Crippen molar-refractivity contribution in [2.24, 2.45) is 28.6 Å². The van der Waals surface area contributed by atoms with Crippen molar-refractivity contribution in [2.75, 3.05) is 0 Å². The third-order valence-corrected chi connectivity index (χ3v) is 9.49. The number of ketones is 2. The summed E-state index contributed by atoms with van der Waals surface area (Å²) in [6.45, 7) is 10.3. The van der Waals surface area contributed by atoms with Crippen LogP contribution in [0.5, 0.6) is 0 Å². The van der Waals surface area contributed by atoms with Gasteiger partial charge in [0.1, 0.15) is 5.60 Å². The summed E-state index contributed by atoms with van der Waals surface area (Å²) in [5.41, 5.74) is 0.349. The summed E-state index contributed by atoms with van der Waals surface area (Å²) in [5, 5.41) is 0. The van der Waals surface area contributed by atoms with Crippen LogP contribution in [0, 0.1) is 28.6 Å². The van der Waals surface area contributed by atoms with E-state index in [4.69, 9.17) is 9.47 Å². The van der Waals surface area contributed by atoms with Crippen LogP contribution in [0.2, 0.25) is 0 Å². The Bertz CT molecular complexity index is 781. The third kappa shape index (κ3) is 2.19. The van der Waals surface area contributed by atoms with Gasteiger partial charge in [-0.1, -0.05) is 13.8 Å². The highest BCUT2D eigenvalue weighted by molar-refractivity contribution is 5.92. The van der Waals surface area contributed by atoms with Gasteiger partial charge in [-0.25, -0.2) is 0 Å². The monoisotopic (exact) mass is 386 g/mol. The number of carbonyl (C=O) groups is 2.